The molecular formula is C14H22ClN3O3S. The van der Waals surface area contributed by atoms with Gasteiger partial charge in [0.15, 0.2) is 0 Å². The highest BCUT2D eigenvalue weighted by Gasteiger charge is 2.27. The number of rotatable bonds is 8. The van der Waals surface area contributed by atoms with Crippen LogP contribution in [0.15, 0.2) is 29.2 Å². The maximum Gasteiger partial charge on any atom is 0.251 e. The lowest BCUT2D eigenvalue weighted by Gasteiger charge is -2.07. The third-order valence-electron chi connectivity index (χ3n) is 3.24. The molecule has 0 atom stereocenters. The van der Waals surface area contributed by atoms with Gasteiger partial charge in [0.25, 0.3) is 5.91 Å². The third-order valence-corrected chi connectivity index (χ3v) is 4.78. The number of unbranched alkanes of at least 4 members (excludes halogenated alkanes) is 1. The van der Waals surface area contributed by atoms with Crippen molar-refractivity contribution in [3.05, 3.63) is 29.8 Å². The number of carbonyl (C=O) groups excluding carboxylic acids is 1. The first kappa shape index (κ1) is 18.9. The quantitative estimate of drug-likeness (QED) is 0.611. The van der Waals surface area contributed by atoms with Gasteiger partial charge < -0.3 is 11.1 Å². The van der Waals surface area contributed by atoms with Crippen LogP contribution in [0, 0.1) is 0 Å². The average Bonchev–Trinajstić information content (AvgIpc) is 3.27. The lowest BCUT2D eigenvalue weighted by Crippen LogP contribution is -2.26. The number of benzene rings is 1. The van der Waals surface area contributed by atoms with Gasteiger partial charge in [0.05, 0.1) is 4.90 Å². The lowest BCUT2D eigenvalue weighted by molar-refractivity contribution is 0.0953. The van der Waals surface area contributed by atoms with E-state index in [1.165, 1.54) is 24.3 Å². The number of nitrogens with two attached hydrogens (primary N) is 1. The SMILES string of the molecule is Cl.NCCCCNC(=O)c1ccc(S(=O)(=O)NC2CC2)cc1. The van der Waals surface area contributed by atoms with Crippen molar-refractivity contribution in [2.75, 3.05) is 13.1 Å². The Labute approximate surface area is 137 Å². The predicted molar refractivity (Wildman–Crippen MR) is 87.7 cm³/mol. The van der Waals surface area contributed by atoms with E-state index in [0.717, 1.165) is 25.7 Å². The summed E-state index contributed by atoms with van der Waals surface area (Å²) in [7, 11) is -3.46. The molecule has 0 bridgehead atoms. The monoisotopic (exact) mass is 347 g/mol. The van der Waals surface area contributed by atoms with E-state index in [-0.39, 0.29) is 29.3 Å². The zero-order valence-corrected chi connectivity index (χ0v) is 13.9. The van der Waals surface area contributed by atoms with Gasteiger partial charge in [-0.15, -0.1) is 12.4 Å². The molecule has 22 heavy (non-hydrogen) atoms. The van der Waals surface area contributed by atoms with Crippen LogP contribution in [0.2, 0.25) is 0 Å². The van der Waals surface area contributed by atoms with Gasteiger partial charge in [-0.2, -0.15) is 0 Å². The van der Waals surface area contributed by atoms with E-state index in [0.29, 0.717) is 18.7 Å². The Morgan fingerprint density at radius 1 is 1.18 bits per heavy atom. The molecule has 0 unspecified atom stereocenters. The topological polar surface area (TPSA) is 101 Å². The van der Waals surface area contributed by atoms with E-state index < -0.39 is 10.0 Å². The Bertz CT molecular complexity index is 586. The Kier molecular flexibility index (Phi) is 7.28. The first-order valence-electron chi connectivity index (χ1n) is 7.13. The molecule has 2 rings (SSSR count). The van der Waals surface area contributed by atoms with Crippen molar-refractivity contribution in [3.8, 4) is 0 Å². The standard InChI is InChI=1S/C14H21N3O3S.ClH/c15-9-1-2-10-16-14(18)11-3-7-13(8-4-11)21(19,20)17-12-5-6-12;/h3-4,7-8,12,17H,1-2,5-6,9-10,15H2,(H,16,18);1H. The molecule has 0 spiro atoms. The normalized spacial score (nSPS) is 14.2. The fraction of sp³-hybridized carbons (Fsp3) is 0.500. The molecule has 0 saturated heterocycles. The number of nitrogens with one attached hydrogen (secondary N) is 2. The Balaban J connectivity index is 0.00000242. The maximum absolute atomic E-state index is 12.0. The smallest absolute Gasteiger partial charge is 0.251 e. The molecule has 0 aromatic heterocycles. The number of halogens is 1. The molecule has 4 N–H and O–H groups in total. The minimum Gasteiger partial charge on any atom is -0.352 e. The highest BCUT2D eigenvalue weighted by atomic mass is 35.5. The van der Waals surface area contributed by atoms with Gasteiger partial charge in [0.1, 0.15) is 0 Å². The third kappa shape index (κ3) is 5.57. The fourth-order valence-electron chi connectivity index (χ4n) is 1.85. The van der Waals surface area contributed by atoms with E-state index in [1.807, 2.05) is 0 Å². The van der Waals surface area contributed by atoms with Gasteiger partial charge in [-0.1, -0.05) is 0 Å². The number of hydrogen-bond donors (Lipinski definition) is 3. The van der Waals surface area contributed by atoms with E-state index in [9.17, 15) is 13.2 Å². The molecule has 124 valence electrons. The first-order chi connectivity index (χ1) is 10.0. The minimum atomic E-state index is -3.46. The van der Waals surface area contributed by atoms with Gasteiger partial charge in [-0.3, -0.25) is 4.79 Å². The van der Waals surface area contributed by atoms with Crippen LogP contribution in [-0.2, 0) is 10.0 Å². The van der Waals surface area contributed by atoms with Gasteiger partial charge in [-0.05, 0) is 56.5 Å². The summed E-state index contributed by atoms with van der Waals surface area (Å²) in [6.45, 7) is 1.18. The second-order valence-electron chi connectivity index (χ2n) is 5.17. The zero-order chi connectivity index (χ0) is 15.3. The van der Waals surface area contributed by atoms with Crippen molar-refractivity contribution in [2.24, 2.45) is 5.73 Å². The van der Waals surface area contributed by atoms with Crippen molar-refractivity contribution < 1.29 is 13.2 Å². The number of sulfonamides is 1. The summed E-state index contributed by atoms with van der Waals surface area (Å²) >= 11 is 0. The van der Waals surface area contributed by atoms with E-state index in [1.54, 1.807) is 0 Å². The highest BCUT2D eigenvalue weighted by Crippen LogP contribution is 2.22. The zero-order valence-electron chi connectivity index (χ0n) is 12.2. The molecule has 1 aromatic rings. The molecule has 1 aliphatic carbocycles. The van der Waals surface area contributed by atoms with Gasteiger partial charge in [-0.25, -0.2) is 13.1 Å². The molecule has 1 saturated carbocycles. The molecule has 1 amide bonds. The molecule has 1 aromatic carbocycles. The minimum absolute atomic E-state index is 0. The summed E-state index contributed by atoms with van der Waals surface area (Å²) in [5, 5.41) is 2.77. The van der Waals surface area contributed by atoms with Crippen LogP contribution in [-0.4, -0.2) is 33.5 Å². The molecule has 1 aliphatic rings. The van der Waals surface area contributed by atoms with Crippen LogP contribution in [0.3, 0.4) is 0 Å². The predicted octanol–water partition coefficient (Wildman–Crippen LogP) is 1.02. The van der Waals surface area contributed by atoms with E-state index in [2.05, 4.69) is 10.0 Å². The number of amides is 1. The summed E-state index contributed by atoms with van der Waals surface area (Å²) < 4.78 is 26.6. The average molecular weight is 348 g/mol. The van der Waals surface area contributed by atoms with Gasteiger partial charge in [0.2, 0.25) is 10.0 Å². The van der Waals surface area contributed by atoms with E-state index in [4.69, 9.17) is 5.73 Å². The summed E-state index contributed by atoms with van der Waals surface area (Å²) in [4.78, 5) is 12.0. The largest absolute Gasteiger partial charge is 0.352 e. The van der Waals surface area contributed by atoms with Crippen LogP contribution in [0.5, 0.6) is 0 Å². The van der Waals surface area contributed by atoms with Crippen LogP contribution >= 0.6 is 12.4 Å². The van der Waals surface area contributed by atoms with Crippen molar-refractivity contribution in [1.29, 1.82) is 0 Å². The molecule has 1 fully saturated rings. The summed E-state index contributed by atoms with van der Waals surface area (Å²) in [5.41, 5.74) is 5.83. The molecule has 8 heteroatoms. The maximum atomic E-state index is 12.0. The van der Waals surface area contributed by atoms with Crippen LogP contribution < -0.4 is 15.8 Å². The van der Waals surface area contributed by atoms with Crippen molar-refractivity contribution in [3.63, 3.8) is 0 Å². The van der Waals surface area contributed by atoms with Crippen LogP contribution in [0.1, 0.15) is 36.0 Å². The molecular weight excluding hydrogens is 326 g/mol. The van der Waals surface area contributed by atoms with E-state index >= 15 is 0 Å². The van der Waals surface area contributed by atoms with Crippen molar-refractivity contribution >= 4 is 28.3 Å². The van der Waals surface area contributed by atoms with Crippen LogP contribution in [0.4, 0.5) is 0 Å². The highest BCUT2D eigenvalue weighted by molar-refractivity contribution is 7.89. The fourth-order valence-corrected chi connectivity index (χ4v) is 3.15. The number of hydrogen-bond acceptors (Lipinski definition) is 4. The van der Waals surface area contributed by atoms with Crippen molar-refractivity contribution in [2.45, 2.75) is 36.6 Å². The lowest BCUT2D eigenvalue weighted by atomic mass is 10.2. The molecule has 0 aliphatic heterocycles. The second-order valence-corrected chi connectivity index (χ2v) is 6.89. The molecule has 0 heterocycles. The first-order valence-corrected chi connectivity index (χ1v) is 8.62. The van der Waals surface area contributed by atoms with Gasteiger partial charge in [0, 0.05) is 18.2 Å². The summed E-state index contributed by atoms with van der Waals surface area (Å²) in [6, 6.07) is 6.04. The van der Waals surface area contributed by atoms with Gasteiger partial charge >= 0.3 is 0 Å². The Hall–Kier alpha value is -1.15. The van der Waals surface area contributed by atoms with Crippen LogP contribution in [0.25, 0.3) is 0 Å². The van der Waals surface area contributed by atoms with Crippen molar-refractivity contribution in [1.82, 2.24) is 10.0 Å². The number of carbonyl (C=O) groups is 1. The second kappa shape index (κ2) is 8.47. The Morgan fingerprint density at radius 3 is 2.36 bits per heavy atom. The molecule has 6 nitrogen and oxygen atoms in total. The molecule has 0 radical (unpaired) electrons. The Morgan fingerprint density at radius 2 is 1.82 bits per heavy atom. The summed E-state index contributed by atoms with van der Waals surface area (Å²) in [5.74, 6) is -0.203. The summed E-state index contributed by atoms with van der Waals surface area (Å²) in [6.07, 6.45) is 3.48.